The molecule has 4 nitrogen and oxygen atoms in total. The molecule has 0 spiro atoms. The van der Waals surface area contributed by atoms with Gasteiger partial charge in [0.05, 0.1) is 12.6 Å². The van der Waals surface area contributed by atoms with Crippen LogP contribution in [0.1, 0.15) is 25.8 Å². The number of amides is 1. The summed E-state index contributed by atoms with van der Waals surface area (Å²) in [5.41, 5.74) is 7.04. The van der Waals surface area contributed by atoms with Crippen LogP contribution in [0, 0.1) is 12.8 Å². The standard InChI is InChI=1S/C16H26N2O2/c1-5-12(2)15(17)16(19)18(4)10-11-20-14-9-7-6-8-13(14)3/h6-9,12,15H,5,10-11,17H2,1-4H3/t12?,15-/m0/s1. The Balaban J connectivity index is 2.42. The van der Waals surface area contributed by atoms with E-state index in [9.17, 15) is 4.79 Å². The van der Waals surface area contributed by atoms with Crippen LogP contribution in [0.3, 0.4) is 0 Å². The minimum Gasteiger partial charge on any atom is -0.491 e. The van der Waals surface area contributed by atoms with Crippen LogP contribution in [0.25, 0.3) is 0 Å². The van der Waals surface area contributed by atoms with Gasteiger partial charge in [-0.3, -0.25) is 4.79 Å². The Morgan fingerprint density at radius 3 is 2.65 bits per heavy atom. The van der Waals surface area contributed by atoms with E-state index in [4.69, 9.17) is 10.5 Å². The van der Waals surface area contributed by atoms with Gasteiger partial charge in [0, 0.05) is 7.05 Å². The molecule has 1 aromatic carbocycles. The van der Waals surface area contributed by atoms with Crippen LogP contribution in [0.4, 0.5) is 0 Å². The van der Waals surface area contributed by atoms with Crippen LogP contribution in [0.15, 0.2) is 24.3 Å². The van der Waals surface area contributed by atoms with E-state index in [0.717, 1.165) is 17.7 Å². The lowest BCUT2D eigenvalue weighted by Gasteiger charge is -2.24. The van der Waals surface area contributed by atoms with Crippen molar-refractivity contribution < 1.29 is 9.53 Å². The summed E-state index contributed by atoms with van der Waals surface area (Å²) in [7, 11) is 1.77. The molecule has 1 rings (SSSR count). The molecule has 1 amide bonds. The summed E-state index contributed by atoms with van der Waals surface area (Å²) in [6, 6.07) is 7.42. The van der Waals surface area contributed by atoms with E-state index in [2.05, 4.69) is 0 Å². The molecule has 0 heterocycles. The van der Waals surface area contributed by atoms with E-state index in [1.54, 1.807) is 11.9 Å². The maximum atomic E-state index is 12.1. The molecule has 0 aliphatic rings. The number of nitrogens with two attached hydrogens (primary N) is 1. The largest absolute Gasteiger partial charge is 0.491 e. The van der Waals surface area contributed by atoms with E-state index in [-0.39, 0.29) is 11.8 Å². The quantitative estimate of drug-likeness (QED) is 0.832. The van der Waals surface area contributed by atoms with Crippen LogP contribution in [-0.2, 0) is 4.79 Å². The van der Waals surface area contributed by atoms with Gasteiger partial charge in [0.25, 0.3) is 0 Å². The van der Waals surface area contributed by atoms with Gasteiger partial charge in [0.15, 0.2) is 0 Å². The third-order valence-electron chi connectivity index (χ3n) is 3.70. The summed E-state index contributed by atoms with van der Waals surface area (Å²) in [5.74, 6) is 1.04. The predicted molar refractivity (Wildman–Crippen MR) is 81.7 cm³/mol. The molecule has 0 aliphatic carbocycles. The van der Waals surface area contributed by atoms with Crippen molar-refractivity contribution in [2.24, 2.45) is 11.7 Å². The van der Waals surface area contributed by atoms with Crippen molar-refractivity contribution in [2.75, 3.05) is 20.2 Å². The number of hydrogen-bond donors (Lipinski definition) is 1. The number of hydrogen-bond acceptors (Lipinski definition) is 3. The fourth-order valence-corrected chi connectivity index (χ4v) is 1.87. The summed E-state index contributed by atoms with van der Waals surface area (Å²) in [6.45, 7) is 7.06. The third kappa shape index (κ3) is 4.53. The van der Waals surface area contributed by atoms with Crippen molar-refractivity contribution >= 4 is 5.91 Å². The van der Waals surface area contributed by atoms with Gasteiger partial charge in [-0.05, 0) is 24.5 Å². The maximum absolute atomic E-state index is 12.1. The second-order valence-electron chi connectivity index (χ2n) is 5.29. The van der Waals surface area contributed by atoms with Crippen LogP contribution < -0.4 is 10.5 Å². The van der Waals surface area contributed by atoms with E-state index < -0.39 is 6.04 Å². The van der Waals surface area contributed by atoms with Gasteiger partial charge in [-0.25, -0.2) is 0 Å². The highest BCUT2D eigenvalue weighted by molar-refractivity contribution is 5.81. The van der Waals surface area contributed by atoms with Crippen molar-refractivity contribution in [3.05, 3.63) is 29.8 Å². The number of carbonyl (C=O) groups is 1. The number of carbonyl (C=O) groups excluding carboxylic acids is 1. The molecule has 0 bridgehead atoms. The first kappa shape index (κ1) is 16.5. The Hall–Kier alpha value is -1.55. The summed E-state index contributed by atoms with van der Waals surface area (Å²) in [5, 5.41) is 0. The van der Waals surface area contributed by atoms with Gasteiger partial charge < -0.3 is 15.4 Å². The molecule has 0 radical (unpaired) electrons. The van der Waals surface area contributed by atoms with Crippen molar-refractivity contribution in [3.8, 4) is 5.75 Å². The van der Waals surface area contributed by atoms with Crippen molar-refractivity contribution in [1.29, 1.82) is 0 Å². The topological polar surface area (TPSA) is 55.6 Å². The molecule has 0 aromatic heterocycles. The van der Waals surface area contributed by atoms with E-state index >= 15 is 0 Å². The SMILES string of the molecule is CCC(C)[C@H](N)C(=O)N(C)CCOc1ccccc1C. The number of benzene rings is 1. The number of nitrogens with zero attached hydrogens (tertiary/aromatic N) is 1. The second-order valence-corrected chi connectivity index (χ2v) is 5.29. The van der Waals surface area contributed by atoms with Gasteiger partial charge in [-0.1, -0.05) is 38.5 Å². The van der Waals surface area contributed by atoms with Crippen LogP contribution >= 0.6 is 0 Å². The van der Waals surface area contributed by atoms with Crippen molar-refractivity contribution in [2.45, 2.75) is 33.2 Å². The zero-order valence-corrected chi connectivity index (χ0v) is 12.9. The van der Waals surface area contributed by atoms with Gasteiger partial charge >= 0.3 is 0 Å². The number of para-hydroxylation sites is 1. The first-order chi connectivity index (χ1) is 9.47. The summed E-state index contributed by atoms with van der Waals surface area (Å²) < 4.78 is 5.69. The van der Waals surface area contributed by atoms with Crippen molar-refractivity contribution in [3.63, 3.8) is 0 Å². The molecule has 0 aliphatic heterocycles. The minimum atomic E-state index is -0.427. The molecule has 0 saturated heterocycles. The molecule has 1 unspecified atom stereocenters. The Morgan fingerprint density at radius 2 is 2.05 bits per heavy atom. The van der Waals surface area contributed by atoms with Gasteiger partial charge in [-0.2, -0.15) is 0 Å². The third-order valence-corrected chi connectivity index (χ3v) is 3.70. The summed E-state index contributed by atoms with van der Waals surface area (Å²) in [4.78, 5) is 13.7. The number of likely N-dealkylation sites (N-methyl/N-ethyl adjacent to an activating group) is 1. The number of ether oxygens (including phenoxy) is 1. The zero-order chi connectivity index (χ0) is 15.1. The molecule has 1 aromatic rings. The Bertz CT molecular complexity index is 434. The highest BCUT2D eigenvalue weighted by Gasteiger charge is 2.22. The molecule has 0 saturated carbocycles. The zero-order valence-electron chi connectivity index (χ0n) is 12.9. The minimum absolute atomic E-state index is 0.0206. The number of aryl methyl sites for hydroxylation is 1. The fourth-order valence-electron chi connectivity index (χ4n) is 1.87. The fraction of sp³-hybridized carbons (Fsp3) is 0.562. The summed E-state index contributed by atoms with van der Waals surface area (Å²) in [6.07, 6.45) is 0.903. The first-order valence-corrected chi connectivity index (χ1v) is 7.16. The lowest BCUT2D eigenvalue weighted by molar-refractivity contribution is -0.132. The highest BCUT2D eigenvalue weighted by Crippen LogP contribution is 2.16. The van der Waals surface area contributed by atoms with Gasteiger partial charge in [-0.15, -0.1) is 0 Å². The molecule has 0 fully saturated rings. The maximum Gasteiger partial charge on any atom is 0.239 e. The summed E-state index contributed by atoms with van der Waals surface area (Å²) >= 11 is 0. The van der Waals surface area contributed by atoms with Crippen LogP contribution in [0.5, 0.6) is 5.75 Å². The van der Waals surface area contributed by atoms with Gasteiger partial charge in [0.1, 0.15) is 12.4 Å². The van der Waals surface area contributed by atoms with E-state index in [0.29, 0.717) is 13.2 Å². The predicted octanol–water partition coefficient (Wildman–Crippen LogP) is 2.21. The lowest BCUT2D eigenvalue weighted by Crippen LogP contribution is -2.46. The van der Waals surface area contributed by atoms with E-state index in [1.807, 2.05) is 45.0 Å². The Morgan fingerprint density at radius 1 is 1.40 bits per heavy atom. The monoisotopic (exact) mass is 278 g/mol. The number of rotatable bonds is 7. The first-order valence-electron chi connectivity index (χ1n) is 7.16. The Kier molecular flexibility index (Phi) is 6.52. The average Bonchev–Trinajstić information content (AvgIpc) is 2.46. The Labute approximate surface area is 121 Å². The lowest BCUT2D eigenvalue weighted by atomic mass is 9.99. The van der Waals surface area contributed by atoms with Crippen LogP contribution in [0.2, 0.25) is 0 Å². The highest BCUT2D eigenvalue weighted by atomic mass is 16.5. The van der Waals surface area contributed by atoms with E-state index in [1.165, 1.54) is 0 Å². The van der Waals surface area contributed by atoms with Crippen LogP contribution in [-0.4, -0.2) is 37.0 Å². The molecule has 2 N–H and O–H groups in total. The molecule has 20 heavy (non-hydrogen) atoms. The second kappa shape index (κ2) is 7.90. The molecular weight excluding hydrogens is 252 g/mol. The van der Waals surface area contributed by atoms with Crippen molar-refractivity contribution in [1.82, 2.24) is 4.90 Å². The smallest absolute Gasteiger partial charge is 0.239 e. The van der Waals surface area contributed by atoms with Gasteiger partial charge in [0.2, 0.25) is 5.91 Å². The molecule has 4 heteroatoms. The normalized spacial score (nSPS) is 13.7. The average molecular weight is 278 g/mol. The molecule has 2 atom stereocenters. The molecular formula is C16H26N2O2. The molecule has 112 valence electrons.